The van der Waals surface area contributed by atoms with E-state index in [-0.39, 0.29) is 26.1 Å². The van der Waals surface area contributed by atoms with E-state index in [0.29, 0.717) is 5.57 Å². The first kappa shape index (κ1) is 20.7. The largest absolute Gasteiger partial charge is 0.463 e. The minimum Gasteiger partial charge on any atom is -0.463 e. The van der Waals surface area contributed by atoms with Crippen molar-refractivity contribution in [3.8, 4) is 0 Å². The number of aryl methyl sites for hydroxylation is 2. The molecule has 136 valence electrons. The molecule has 0 aliphatic heterocycles. The molecule has 6 heteroatoms. The van der Waals surface area contributed by atoms with Gasteiger partial charge in [0.2, 0.25) is 0 Å². The van der Waals surface area contributed by atoms with Crippen molar-refractivity contribution < 1.29 is 28.5 Å². The third kappa shape index (κ3) is 7.41. The fourth-order valence-electron chi connectivity index (χ4n) is 2.35. The van der Waals surface area contributed by atoms with Crippen LogP contribution < -0.4 is 0 Å². The van der Waals surface area contributed by atoms with Crippen molar-refractivity contribution in [2.45, 2.75) is 26.7 Å². The van der Waals surface area contributed by atoms with Crippen LogP contribution in [0.25, 0.3) is 5.57 Å². The molecule has 0 saturated carbocycles. The van der Waals surface area contributed by atoms with E-state index in [1.165, 1.54) is 6.08 Å². The maximum Gasteiger partial charge on any atom is 0.306 e. The molecule has 0 bridgehead atoms. The number of allylic oxidation sites excluding steroid dienone is 5. The van der Waals surface area contributed by atoms with Gasteiger partial charge in [0, 0.05) is 6.42 Å². The van der Waals surface area contributed by atoms with Crippen LogP contribution in [0.3, 0.4) is 0 Å². The quantitative estimate of drug-likeness (QED) is 0.227. The first-order valence-corrected chi connectivity index (χ1v) is 7.76. The molecule has 0 unspecified atom stereocenters. The minimum atomic E-state index is -0.690. The minimum absolute atomic E-state index is 0.115. The molecule has 1 aromatic rings. The Morgan fingerprint density at radius 1 is 1.16 bits per heavy atom. The Morgan fingerprint density at radius 2 is 1.80 bits per heavy atom. The second-order valence-electron chi connectivity index (χ2n) is 5.46. The van der Waals surface area contributed by atoms with Gasteiger partial charge in [0.25, 0.3) is 0 Å². The smallest absolute Gasteiger partial charge is 0.306 e. The molecule has 0 heterocycles. The third-order valence-corrected chi connectivity index (χ3v) is 3.40. The molecular weight excluding hydrogens is 330 g/mol. The van der Waals surface area contributed by atoms with Gasteiger partial charge in [-0.1, -0.05) is 24.8 Å². The van der Waals surface area contributed by atoms with Crippen molar-refractivity contribution in [3.63, 3.8) is 0 Å². The summed E-state index contributed by atoms with van der Waals surface area (Å²) in [5.41, 5.74) is 2.82. The Bertz CT molecular complexity index is 658. The van der Waals surface area contributed by atoms with Crippen LogP contribution >= 0.6 is 0 Å². The maximum absolute atomic E-state index is 14.2. The van der Waals surface area contributed by atoms with Gasteiger partial charge in [-0.15, -0.1) is 0 Å². The number of carbonyl (C=O) groups is 1. The lowest BCUT2D eigenvalue weighted by molar-refractivity contribution is -0.248. The predicted octanol–water partition coefficient (Wildman–Crippen LogP) is 4.84. The number of hydrogen-bond donors (Lipinski definition) is 1. The Morgan fingerprint density at radius 3 is 2.36 bits per heavy atom. The van der Waals surface area contributed by atoms with Crippen molar-refractivity contribution in [2.75, 3.05) is 13.2 Å². The lowest BCUT2D eigenvalue weighted by Crippen LogP contribution is -2.09. The standard InChI is InChI=1S/C19H22F2O4/c1-13-5-4-6-14(2)19(13)16(11-15(3)20)12-17(21)7-8-18(22)24-9-10-25-23/h4-6,11-12,23H,3,7-10H2,1-2H3/b16-11+,17-12-. The molecular formula is C19H22F2O4. The van der Waals surface area contributed by atoms with Crippen LogP contribution in [-0.2, 0) is 14.4 Å². The molecule has 0 saturated heterocycles. The fourth-order valence-corrected chi connectivity index (χ4v) is 2.35. The van der Waals surface area contributed by atoms with E-state index >= 15 is 0 Å². The zero-order chi connectivity index (χ0) is 18.8. The maximum atomic E-state index is 14.2. The number of esters is 1. The monoisotopic (exact) mass is 352 g/mol. The molecule has 0 aliphatic rings. The fraction of sp³-hybridized carbons (Fsp3) is 0.316. The first-order chi connectivity index (χ1) is 11.8. The number of hydrogen-bond acceptors (Lipinski definition) is 4. The summed E-state index contributed by atoms with van der Waals surface area (Å²) in [5.74, 6) is -1.89. The average molecular weight is 352 g/mol. The van der Waals surface area contributed by atoms with Crippen molar-refractivity contribution in [3.05, 3.63) is 65.3 Å². The van der Waals surface area contributed by atoms with Gasteiger partial charge >= 0.3 is 5.97 Å². The number of halogens is 2. The van der Waals surface area contributed by atoms with E-state index in [1.807, 2.05) is 32.0 Å². The highest BCUT2D eigenvalue weighted by molar-refractivity contribution is 5.79. The van der Waals surface area contributed by atoms with E-state index in [9.17, 15) is 13.6 Å². The molecule has 1 N–H and O–H groups in total. The summed E-state index contributed by atoms with van der Waals surface area (Å²) in [6.07, 6.45) is 2.00. The van der Waals surface area contributed by atoms with E-state index in [0.717, 1.165) is 22.8 Å². The van der Waals surface area contributed by atoms with Crippen LogP contribution in [0.4, 0.5) is 8.78 Å². The Hall–Kier alpha value is -2.31. The summed E-state index contributed by atoms with van der Waals surface area (Å²) >= 11 is 0. The topological polar surface area (TPSA) is 55.8 Å². The highest BCUT2D eigenvalue weighted by Gasteiger charge is 2.10. The number of carbonyl (C=O) groups excluding carboxylic acids is 1. The van der Waals surface area contributed by atoms with E-state index in [2.05, 4.69) is 11.5 Å². The summed E-state index contributed by atoms with van der Waals surface area (Å²) in [7, 11) is 0. The van der Waals surface area contributed by atoms with Gasteiger partial charge in [-0.3, -0.25) is 10.1 Å². The number of ether oxygens (including phenoxy) is 1. The van der Waals surface area contributed by atoms with Crippen LogP contribution in [0.1, 0.15) is 29.5 Å². The van der Waals surface area contributed by atoms with E-state index < -0.39 is 17.6 Å². The van der Waals surface area contributed by atoms with Gasteiger partial charge < -0.3 is 4.74 Å². The third-order valence-electron chi connectivity index (χ3n) is 3.40. The zero-order valence-corrected chi connectivity index (χ0v) is 14.4. The molecule has 0 atom stereocenters. The Balaban J connectivity index is 2.90. The highest BCUT2D eigenvalue weighted by atomic mass is 19.1. The van der Waals surface area contributed by atoms with Crippen molar-refractivity contribution >= 4 is 11.5 Å². The van der Waals surface area contributed by atoms with Gasteiger partial charge in [0.15, 0.2) is 0 Å². The van der Waals surface area contributed by atoms with Crippen molar-refractivity contribution in [1.29, 1.82) is 0 Å². The molecule has 1 aromatic carbocycles. The van der Waals surface area contributed by atoms with Gasteiger partial charge in [0.05, 0.1) is 6.42 Å². The van der Waals surface area contributed by atoms with E-state index in [1.54, 1.807) is 0 Å². The lowest BCUT2D eigenvalue weighted by atomic mass is 9.94. The zero-order valence-electron chi connectivity index (χ0n) is 14.4. The van der Waals surface area contributed by atoms with Crippen LogP contribution in [0.15, 0.2) is 48.6 Å². The second-order valence-corrected chi connectivity index (χ2v) is 5.46. The van der Waals surface area contributed by atoms with Crippen molar-refractivity contribution in [2.24, 2.45) is 0 Å². The predicted molar refractivity (Wildman–Crippen MR) is 92.1 cm³/mol. The normalized spacial score (nSPS) is 12.2. The first-order valence-electron chi connectivity index (χ1n) is 7.76. The lowest BCUT2D eigenvalue weighted by Gasteiger charge is -2.11. The van der Waals surface area contributed by atoms with Gasteiger partial charge in [-0.25, -0.2) is 13.7 Å². The molecule has 1 rings (SSSR count). The molecule has 0 fully saturated rings. The molecule has 0 amide bonds. The van der Waals surface area contributed by atoms with Crippen LogP contribution in [-0.4, -0.2) is 24.4 Å². The second kappa shape index (κ2) is 10.5. The summed E-state index contributed by atoms with van der Waals surface area (Å²) in [6, 6.07) is 5.56. The van der Waals surface area contributed by atoms with Crippen molar-refractivity contribution in [1.82, 2.24) is 0 Å². The molecule has 0 aromatic heterocycles. The number of rotatable bonds is 9. The summed E-state index contributed by atoms with van der Waals surface area (Å²) in [5, 5.41) is 8.12. The van der Waals surface area contributed by atoms with E-state index in [4.69, 9.17) is 9.99 Å². The van der Waals surface area contributed by atoms with Gasteiger partial charge in [0.1, 0.15) is 24.9 Å². The average Bonchev–Trinajstić information content (AvgIpc) is 2.52. The Labute approximate surface area is 146 Å². The Kier molecular flexibility index (Phi) is 8.74. The molecule has 4 nitrogen and oxygen atoms in total. The molecule has 0 spiro atoms. The highest BCUT2D eigenvalue weighted by Crippen LogP contribution is 2.27. The van der Waals surface area contributed by atoms with Crippen LogP contribution in [0.2, 0.25) is 0 Å². The van der Waals surface area contributed by atoms with Gasteiger partial charge in [-0.2, -0.15) is 0 Å². The summed E-state index contributed by atoms with van der Waals surface area (Å²) < 4.78 is 32.2. The summed E-state index contributed by atoms with van der Waals surface area (Å²) in [4.78, 5) is 15.2. The van der Waals surface area contributed by atoms with Crippen LogP contribution in [0.5, 0.6) is 0 Å². The van der Waals surface area contributed by atoms with Crippen LogP contribution in [0, 0.1) is 13.8 Å². The van der Waals surface area contributed by atoms with Gasteiger partial charge in [-0.05, 0) is 48.3 Å². The molecule has 0 radical (unpaired) electrons. The summed E-state index contributed by atoms with van der Waals surface area (Å²) in [6.45, 7) is 6.64. The number of benzene rings is 1. The SMILES string of the molecule is C=C(F)/C=C(\C=C(/F)CCC(=O)OCCOO)c1c(C)cccc1C. The molecule has 25 heavy (non-hydrogen) atoms. The molecule has 0 aliphatic carbocycles.